The van der Waals surface area contributed by atoms with Crippen LogP contribution in [0.15, 0.2) is 23.2 Å². The summed E-state index contributed by atoms with van der Waals surface area (Å²) in [5.41, 5.74) is 0. The van der Waals surface area contributed by atoms with Crippen molar-refractivity contribution in [1.82, 2.24) is 9.29 Å². The van der Waals surface area contributed by atoms with Crippen LogP contribution in [0.25, 0.3) is 0 Å². The standard InChI is InChI=1S/C11H14ClF3N2O2S/c1-8(2)6-17(7-11(13,14)15)20(18,19)9-4-3-5-16-10(9)12/h3-5,8H,6-7H2,1-2H3. The van der Waals surface area contributed by atoms with E-state index in [0.717, 1.165) is 6.07 Å². The van der Waals surface area contributed by atoms with E-state index in [1.165, 1.54) is 12.3 Å². The molecule has 0 atom stereocenters. The molecule has 20 heavy (non-hydrogen) atoms. The van der Waals surface area contributed by atoms with Gasteiger partial charge in [-0.3, -0.25) is 0 Å². The van der Waals surface area contributed by atoms with Crippen molar-refractivity contribution in [3.05, 3.63) is 23.5 Å². The maximum absolute atomic E-state index is 12.5. The van der Waals surface area contributed by atoms with Crippen LogP contribution in [0.4, 0.5) is 13.2 Å². The molecular weight excluding hydrogens is 317 g/mol. The molecule has 114 valence electrons. The fraction of sp³-hybridized carbons (Fsp3) is 0.545. The fourth-order valence-corrected chi connectivity index (χ4v) is 3.57. The summed E-state index contributed by atoms with van der Waals surface area (Å²) in [6.07, 6.45) is -3.37. The van der Waals surface area contributed by atoms with Crippen molar-refractivity contribution >= 4 is 21.6 Å². The van der Waals surface area contributed by atoms with E-state index in [1.807, 2.05) is 0 Å². The van der Waals surface area contributed by atoms with E-state index in [0.29, 0.717) is 4.31 Å². The zero-order valence-electron chi connectivity index (χ0n) is 10.9. The summed E-state index contributed by atoms with van der Waals surface area (Å²) in [5.74, 6) is -0.262. The molecule has 0 unspecified atom stereocenters. The van der Waals surface area contributed by atoms with Gasteiger partial charge in [0.15, 0.2) is 0 Å². The Kier molecular flexibility index (Phi) is 5.39. The van der Waals surface area contributed by atoms with E-state index in [4.69, 9.17) is 11.6 Å². The molecule has 1 aromatic rings. The van der Waals surface area contributed by atoms with Gasteiger partial charge in [-0.1, -0.05) is 25.4 Å². The van der Waals surface area contributed by atoms with Gasteiger partial charge in [0.2, 0.25) is 10.0 Å². The van der Waals surface area contributed by atoms with Crippen molar-refractivity contribution in [1.29, 1.82) is 0 Å². The lowest BCUT2D eigenvalue weighted by molar-refractivity contribution is -0.136. The topological polar surface area (TPSA) is 50.3 Å². The van der Waals surface area contributed by atoms with Crippen LogP contribution in [0.3, 0.4) is 0 Å². The lowest BCUT2D eigenvalue weighted by Gasteiger charge is -2.25. The summed E-state index contributed by atoms with van der Waals surface area (Å²) in [6.45, 7) is 1.44. The largest absolute Gasteiger partial charge is 0.402 e. The normalized spacial score (nSPS) is 13.2. The lowest BCUT2D eigenvalue weighted by atomic mass is 10.2. The maximum Gasteiger partial charge on any atom is 0.402 e. The third-order valence-electron chi connectivity index (χ3n) is 2.27. The molecule has 0 aromatic carbocycles. The smallest absolute Gasteiger partial charge is 0.243 e. The second kappa shape index (κ2) is 6.28. The molecule has 1 heterocycles. The first-order valence-corrected chi connectivity index (χ1v) is 7.53. The molecule has 0 fully saturated rings. The molecule has 0 aliphatic heterocycles. The van der Waals surface area contributed by atoms with Crippen LogP contribution in [0, 0.1) is 5.92 Å². The predicted octanol–water partition coefficient (Wildman–Crippen LogP) is 2.94. The van der Waals surface area contributed by atoms with Gasteiger partial charge in [-0.15, -0.1) is 0 Å². The van der Waals surface area contributed by atoms with Crippen molar-refractivity contribution in [3.63, 3.8) is 0 Å². The molecule has 9 heteroatoms. The lowest BCUT2D eigenvalue weighted by Crippen LogP contribution is -2.41. The number of hydrogen-bond acceptors (Lipinski definition) is 3. The summed E-state index contributed by atoms with van der Waals surface area (Å²) < 4.78 is 62.6. The molecule has 0 amide bonds. The number of halogens is 4. The molecular formula is C11H14ClF3N2O2S. The van der Waals surface area contributed by atoms with Crippen LogP contribution in [-0.2, 0) is 10.0 Å². The molecule has 0 aliphatic carbocycles. The number of hydrogen-bond donors (Lipinski definition) is 0. The monoisotopic (exact) mass is 330 g/mol. The molecule has 0 spiro atoms. The van der Waals surface area contributed by atoms with Gasteiger partial charge in [0.1, 0.15) is 16.6 Å². The third-order valence-corrected chi connectivity index (χ3v) is 4.52. The van der Waals surface area contributed by atoms with Crippen molar-refractivity contribution in [2.24, 2.45) is 5.92 Å². The second-order valence-corrected chi connectivity index (χ2v) is 6.86. The Labute approximate surface area is 120 Å². The average Bonchev–Trinajstić information content (AvgIpc) is 2.25. The van der Waals surface area contributed by atoms with Gasteiger partial charge in [0, 0.05) is 12.7 Å². The van der Waals surface area contributed by atoms with Gasteiger partial charge in [0.25, 0.3) is 0 Å². The van der Waals surface area contributed by atoms with Crippen molar-refractivity contribution in [3.8, 4) is 0 Å². The Hall–Kier alpha value is -0.860. The van der Waals surface area contributed by atoms with E-state index in [-0.39, 0.29) is 17.6 Å². The second-order valence-electron chi connectivity index (χ2n) is 4.60. The molecule has 0 saturated carbocycles. The minimum Gasteiger partial charge on any atom is -0.243 e. The number of rotatable bonds is 5. The highest BCUT2D eigenvalue weighted by molar-refractivity contribution is 7.89. The summed E-state index contributed by atoms with van der Waals surface area (Å²) in [7, 11) is -4.34. The van der Waals surface area contributed by atoms with Crippen LogP contribution in [0.2, 0.25) is 5.15 Å². The Morgan fingerprint density at radius 3 is 2.45 bits per heavy atom. The summed E-state index contributed by atoms with van der Waals surface area (Å²) in [6, 6.07) is 2.44. The first-order chi connectivity index (χ1) is 9.04. The van der Waals surface area contributed by atoms with Crippen LogP contribution in [0.5, 0.6) is 0 Å². The highest BCUT2D eigenvalue weighted by Crippen LogP contribution is 2.26. The number of pyridine rings is 1. The van der Waals surface area contributed by atoms with E-state index in [2.05, 4.69) is 4.98 Å². The minimum absolute atomic E-state index is 0.257. The molecule has 0 bridgehead atoms. The predicted molar refractivity (Wildman–Crippen MR) is 68.9 cm³/mol. The Balaban J connectivity index is 3.21. The number of nitrogens with zero attached hydrogens (tertiary/aromatic N) is 2. The highest BCUT2D eigenvalue weighted by Gasteiger charge is 2.38. The molecule has 0 aliphatic rings. The van der Waals surface area contributed by atoms with Crippen molar-refractivity contribution in [2.75, 3.05) is 13.1 Å². The van der Waals surface area contributed by atoms with E-state index in [1.54, 1.807) is 13.8 Å². The van der Waals surface area contributed by atoms with Crippen molar-refractivity contribution in [2.45, 2.75) is 24.9 Å². The highest BCUT2D eigenvalue weighted by atomic mass is 35.5. The van der Waals surface area contributed by atoms with E-state index >= 15 is 0 Å². The van der Waals surface area contributed by atoms with Gasteiger partial charge in [-0.05, 0) is 18.1 Å². The molecule has 0 N–H and O–H groups in total. The first kappa shape index (κ1) is 17.2. The van der Waals surface area contributed by atoms with Crippen molar-refractivity contribution < 1.29 is 21.6 Å². The zero-order chi connectivity index (χ0) is 15.6. The Morgan fingerprint density at radius 2 is 2.00 bits per heavy atom. The van der Waals surface area contributed by atoms with Gasteiger partial charge in [-0.2, -0.15) is 17.5 Å². The summed E-state index contributed by atoms with van der Waals surface area (Å²) >= 11 is 5.66. The Bertz CT molecular complexity index is 561. The summed E-state index contributed by atoms with van der Waals surface area (Å²) in [5, 5.41) is -0.344. The Morgan fingerprint density at radius 1 is 1.40 bits per heavy atom. The molecule has 1 aromatic heterocycles. The van der Waals surface area contributed by atoms with Gasteiger partial charge >= 0.3 is 6.18 Å². The van der Waals surface area contributed by atoms with Gasteiger partial charge in [-0.25, -0.2) is 13.4 Å². The average molecular weight is 331 g/mol. The fourth-order valence-electron chi connectivity index (χ4n) is 1.56. The molecule has 1 rings (SSSR count). The zero-order valence-corrected chi connectivity index (χ0v) is 12.4. The maximum atomic E-state index is 12.5. The van der Waals surface area contributed by atoms with E-state index in [9.17, 15) is 21.6 Å². The third kappa shape index (κ3) is 4.60. The molecule has 0 radical (unpaired) electrons. The quantitative estimate of drug-likeness (QED) is 0.780. The van der Waals surface area contributed by atoms with Crippen LogP contribution < -0.4 is 0 Å². The molecule has 0 saturated heterocycles. The first-order valence-electron chi connectivity index (χ1n) is 5.71. The van der Waals surface area contributed by atoms with Crippen LogP contribution in [0.1, 0.15) is 13.8 Å². The van der Waals surface area contributed by atoms with Gasteiger partial charge < -0.3 is 0 Å². The minimum atomic E-state index is -4.63. The summed E-state index contributed by atoms with van der Waals surface area (Å²) in [4.78, 5) is 3.16. The SMILES string of the molecule is CC(C)CN(CC(F)(F)F)S(=O)(=O)c1cccnc1Cl. The van der Waals surface area contributed by atoms with E-state index < -0.39 is 27.6 Å². The van der Waals surface area contributed by atoms with Gasteiger partial charge in [0.05, 0.1) is 0 Å². The van der Waals surface area contributed by atoms with Crippen LogP contribution >= 0.6 is 11.6 Å². The van der Waals surface area contributed by atoms with Crippen LogP contribution in [-0.4, -0.2) is 37.0 Å². The number of alkyl halides is 3. The number of aromatic nitrogens is 1. The molecule has 4 nitrogen and oxygen atoms in total. The number of sulfonamides is 1.